The lowest BCUT2D eigenvalue weighted by atomic mass is 10.0. The van der Waals surface area contributed by atoms with Crippen molar-refractivity contribution in [1.29, 1.82) is 0 Å². The molecule has 9 heteroatoms. The van der Waals surface area contributed by atoms with Crippen LogP contribution in [0.15, 0.2) is 12.4 Å². The second-order valence-electron chi connectivity index (χ2n) is 6.36. The number of carbonyl (C=O) groups is 1. The highest BCUT2D eigenvalue weighted by atomic mass is 16.6. The number of aliphatic hydroxyl groups excluding tert-OH is 1. The summed E-state index contributed by atoms with van der Waals surface area (Å²) in [5.74, 6) is 0. The summed E-state index contributed by atoms with van der Waals surface area (Å²) in [5.41, 5.74) is -0.747. The number of piperidine rings is 1. The van der Waals surface area contributed by atoms with E-state index in [2.05, 4.69) is 5.10 Å². The van der Waals surface area contributed by atoms with E-state index in [9.17, 15) is 20.0 Å². The molecule has 1 aromatic heterocycles. The lowest BCUT2D eigenvalue weighted by Gasteiger charge is -2.36. The summed E-state index contributed by atoms with van der Waals surface area (Å²) in [6, 6.07) is -0.329. The van der Waals surface area contributed by atoms with E-state index in [-0.39, 0.29) is 24.8 Å². The Bertz CT molecular complexity index is 565. The Hall–Kier alpha value is -2.16. The zero-order chi connectivity index (χ0) is 16.5. The van der Waals surface area contributed by atoms with E-state index in [1.54, 1.807) is 20.8 Å². The van der Waals surface area contributed by atoms with Crippen LogP contribution in [0.1, 0.15) is 33.2 Å². The van der Waals surface area contributed by atoms with Crippen molar-refractivity contribution in [3.63, 3.8) is 0 Å². The molecule has 1 saturated heterocycles. The van der Waals surface area contributed by atoms with Crippen molar-refractivity contribution >= 4 is 11.8 Å². The number of aliphatic hydroxyl groups is 1. The Balaban J connectivity index is 2.10. The maximum atomic E-state index is 12.1. The number of hydrogen-bond donors (Lipinski definition) is 1. The lowest BCUT2D eigenvalue weighted by molar-refractivity contribution is -0.385. The fourth-order valence-corrected chi connectivity index (χ4v) is 2.34. The number of carbonyl (C=O) groups excluding carboxylic acids is 1. The van der Waals surface area contributed by atoms with Crippen LogP contribution in [0.3, 0.4) is 0 Å². The van der Waals surface area contributed by atoms with E-state index in [0.717, 1.165) is 6.20 Å². The predicted octanol–water partition coefficient (Wildman–Crippen LogP) is 1.33. The van der Waals surface area contributed by atoms with Crippen LogP contribution in [0.2, 0.25) is 0 Å². The number of aromatic nitrogens is 2. The zero-order valence-corrected chi connectivity index (χ0v) is 12.8. The van der Waals surface area contributed by atoms with Gasteiger partial charge in [0.1, 0.15) is 18.0 Å². The van der Waals surface area contributed by atoms with Gasteiger partial charge in [0.15, 0.2) is 0 Å². The van der Waals surface area contributed by atoms with E-state index in [1.165, 1.54) is 15.8 Å². The summed E-state index contributed by atoms with van der Waals surface area (Å²) in [6.45, 7) is 5.75. The van der Waals surface area contributed by atoms with Gasteiger partial charge < -0.3 is 14.7 Å². The minimum Gasteiger partial charge on any atom is -0.444 e. The third-order valence-corrected chi connectivity index (χ3v) is 3.23. The van der Waals surface area contributed by atoms with E-state index >= 15 is 0 Å². The summed E-state index contributed by atoms with van der Waals surface area (Å²) in [5, 5.41) is 24.6. The first-order chi connectivity index (χ1) is 10.2. The minimum absolute atomic E-state index is 0.121. The Kier molecular flexibility index (Phi) is 4.36. The van der Waals surface area contributed by atoms with E-state index in [4.69, 9.17) is 4.74 Å². The van der Waals surface area contributed by atoms with Crippen LogP contribution in [-0.4, -0.2) is 55.6 Å². The number of ether oxygens (including phenoxy) is 1. The molecule has 1 amide bonds. The minimum atomic E-state index is -0.727. The smallest absolute Gasteiger partial charge is 0.410 e. The molecule has 1 N–H and O–H groups in total. The van der Waals surface area contributed by atoms with E-state index < -0.39 is 22.7 Å². The van der Waals surface area contributed by atoms with Gasteiger partial charge in [0, 0.05) is 6.54 Å². The molecule has 0 bridgehead atoms. The molecule has 0 aromatic carbocycles. The second kappa shape index (κ2) is 5.91. The molecule has 0 aliphatic carbocycles. The molecule has 0 spiro atoms. The average molecular weight is 312 g/mol. The number of hydrogen-bond acceptors (Lipinski definition) is 6. The molecule has 1 aromatic rings. The molecule has 0 saturated carbocycles. The fourth-order valence-electron chi connectivity index (χ4n) is 2.34. The van der Waals surface area contributed by atoms with Crippen LogP contribution in [-0.2, 0) is 4.74 Å². The Labute approximate surface area is 127 Å². The standard InChI is InChI=1S/C13H20N4O5/c1-13(2,3)22-12(19)15-6-9(4-11(18)8-15)16-7-10(5-14-16)17(20)21/h5,7,9,11,18H,4,6,8H2,1-3H3/t9-,11+/m0/s1. The molecule has 22 heavy (non-hydrogen) atoms. The van der Waals surface area contributed by atoms with Gasteiger partial charge in [0.05, 0.1) is 23.6 Å². The van der Waals surface area contributed by atoms with Crippen molar-refractivity contribution < 1.29 is 19.6 Å². The van der Waals surface area contributed by atoms with Crippen LogP contribution in [0.4, 0.5) is 10.5 Å². The number of nitro groups is 1. The van der Waals surface area contributed by atoms with Crippen LogP contribution >= 0.6 is 0 Å². The monoisotopic (exact) mass is 312 g/mol. The molecule has 0 unspecified atom stereocenters. The molecule has 2 heterocycles. The highest BCUT2D eigenvalue weighted by Gasteiger charge is 2.33. The van der Waals surface area contributed by atoms with Gasteiger partial charge in [0.25, 0.3) is 0 Å². The third-order valence-electron chi connectivity index (χ3n) is 3.23. The summed E-state index contributed by atoms with van der Waals surface area (Å²) >= 11 is 0. The topological polar surface area (TPSA) is 111 Å². The first-order valence-corrected chi connectivity index (χ1v) is 7.00. The molecular formula is C13H20N4O5. The summed E-state index contributed by atoms with van der Waals surface area (Å²) in [7, 11) is 0. The molecule has 1 aliphatic rings. The van der Waals surface area contributed by atoms with Gasteiger partial charge in [-0.3, -0.25) is 14.8 Å². The summed E-state index contributed by atoms with van der Waals surface area (Å²) in [6.07, 6.45) is 1.58. The highest BCUT2D eigenvalue weighted by molar-refractivity contribution is 5.68. The average Bonchev–Trinajstić information content (AvgIpc) is 2.85. The van der Waals surface area contributed by atoms with Crippen molar-refractivity contribution in [3.05, 3.63) is 22.5 Å². The van der Waals surface area contributed by atoms with Gasteiger partial charge in [-0.05, 0) is 27.2 Å². The van der Waals surface area contributed by atoms with Crippen LogP contribution in [0.25, 0.3) is 0 Å². The zero-order valence-electron chi connectivity index (χ0n) is 12.8. The first kappa shape index (κ1) is 16.2. The van der Waals surface area contributed by atoms with Crippen molar-refractivity contribution in [3.8, 4) is 0 Å². The normalized spacial score (nSPS) is 22.5. The van der Waals surface area contributed by atoms with Crippen molar-refractivity contribution in [2.24, 2.45) is 0 Å². The van der Waals surface area contributed by atoms with Gasteiger partial charge in [-0.1, -0.05) is 0 Å². The van der Waals surface area contributed by atoms with Gasteiger partial charge in [-0.15, -0.1) is 0 Å². The Morgan fingerprint density at radius 1 is 1.50 bits per heavy atom. The Morgan fingerprint density at radius 2 is 2.18 bits per heavy atom. The number of β-amino-alcohol motifs (C(OH)–C–C–N with tert-alkyl or cyclic N) is 1. The van der Waals surface area contributed by atoms with Gasteiger partial charge in [0.2, 0.25) is 0 Å². The van der Waals surface area contributed by atoms with Gasteiger partial charge in [-0.2, -0.15) is 5.10 Å². The van der Waals surface area contributed by atoms with Crippen LogP contribution in [0.5, 0.6) is 0 Å². The molecule has 1 fully saturated rings. The van der Waals surface area contributed by atoms with Gasteiger partial charge in [-0.25, -0.2) is 4.79 Å². The third kappa shape index (κ3) is 3.94. The molecular weight excluding hydrogens is 292 g/mol. The molecule has 9 nitrogen and oxygen atoms in total. The fraction of sp³-hybridized carbons (Fsp3) is 0.692. The maximum absolute atomic E-state index is 12.1. The largest absolute Gasteiger partial charge is 0.444 e. The van der Waals surface area contributed by atoms with E-state index in [0.29, 0.717) is 6.42 Å². The van der Waals surface area contributed by atoms with Crippen LogP contribution < -0.4 is 0 Å². The predicted molar refractivity (Wildman–Crippen MR) is 76.3 cm³/mol. The maximum Gasteiger partial charge on any atom is 0.410 e. The number of amides is 1. The molecule has 122 valence electrons. The lowest BCUT2D eigenvalue weighted by Crippen LogP contribution is -2.48. The summed E-state index contributed by atoms with van der Waals surface area (Å²) in [4.78, 5) is 23.7. The summed E-state index contributed by atoms with van der Waals surface area (Å²) < 4.78 is 6.71. The Morgan fingerprint density at radius 3 is 2.73 bits per heavy atom. The van der Waals surface area contributed by atoms with E-state index in [1.807, 2.05) is 0 Å². The second-order valence-corrected chi connectivity index (χ2v) is 6.36. The molecule has 1 aliphatic heterocycles. The quantitative estimate of drug-likeness (QED) is 0.651. The molecule has 0 radical (unpaired) electrons. The first-order valence-electron chi connectivity index (χ1n) is 7.00. The van der Waals surface area contributed by atoms with Crippen molar-refractivity contribution in [2.45, 2.75) is 44.9 Å². The SMILES string of the molecule is CC(C)(C)OC(=O)N1C[C@H](O)C[C@H](n2cc([N+](=O)[O-])cn2)C1. The molecule has 2 rings (SSSR count). The van der Waals surface area contributed by atoms with Crippen molar-refractivity contribution in [2.75, 3.05) is 13.1 Å². The molecule has 2 atom stereocenters. The number of nitrogens with zero attached hydrogens (tertiary/aromatic N) is 4. The number of rotatable bonds is 2. The van der Waals surface area contributed by atoms with Crippen LogP contribution in [0, 0.1) is 10.1 Å². The van der Waals surface area contributed by atoms with Crippen molar-refractivity contribution in [1.82, 2.24) is 14.7 Å². The highest BCUT2D eigenvalue weighted by Crippen LogP contribution is 2.24. The number of likely N-dealkylation sites (tertiary alicyclic amines) is 1. The van der Waals surface area contributed by atoms with Gasteiger partial charge >= 0.3 is 11.8 Å².